The van der Waals surface area contributed by atoms with E-state index in [1.807, 2.05) is 31.7 Å². The third-order valence-electron chi connectivity index (χ3n) is 4.58. The number of nitrogens with one attached hydrogen (secondary N) is 2. The lowest BCUT2D eigenvalue weighted by atomic mass is 10.0. The number of hydrogen-bond donors (Lipinski definition) is 2. The molecule has 1 aromatic rings. The van der Waals surface area contributed by atoms with Crippen molar-refractivity contribution in [3.8, 4) is 0 Å². The summed E-state index contributed by atoms with van der Waals surface area (Å²) in [6.45, 7) is 10.4. The first-order valence-corrected chi connectivity index (χ1v) is 9.90. The summed E-state index contributed by atoms with van der Waals surface area (Å²) in [4.78, 5) is 14.0. The van der Waals surface area contributed by atoms with Crippen molar-refractivity contribution in [2.75, 3.05) is 25.0 Å². The number of carbonyl (C=O) groups is 1. The number of hydrogen-bond acceptors (Lipinski definition) is 4. The second kappa shape index (κ2) is 9.81. The van der Waals surface area contributed by atoms with Gasteiger partial charge in [0.05, 0.1) is 0 Å². The highest BCUT2D eigenvalue weighted by molar-refractivity contribution is 5.68. The normalized spacial score (nSPS) is 17.0. The summed E-state index contributed by atoms with van der Waals surface area (Å²) in [5.74, 6) is 0. The summed E-state index contributed by atoms with van der Waals surface area (Å²) < 4.78 is 5.48. The molecule has 2 N–H and O–H groups in total. The minimum atomic E-state index is -0.429. The minimum absolute atomic E-state index is 0.188. The van der Waals surface area contributed by atoms with Crippen LogP contribution in [0.3, 0.4) is 0 Å². The van der Waals surface area contributed by atoms with Gasteiger partial charge in [0.25, 0.3) is 0 Å². The average molecular weight is 362 g/mol. The van der Waals surface area contributed by atoms with Gasteiger partial charge in [-0.05, 0) is 52.2 Å². The maximum atomic E-state index is 12.2. The summed E-state index contributed by atoms with van der Waals surface area (Å²) in [6.07, 6.45) is 4.07. The Morgan fingerprint density at radius 1 is 1.23 bits per heavy atom. The zero-order valence-electron chi connectivity index (χ0n) is 16.8. The van der Waals surface area contributed by atoms with E-state index in [0.29, 0.717) is 12.1 Å². The highest BCUT2D eigenvalue weighted by Gasteiger charge is 2.27. The SMILES string of the molecule is CCC[C@H](CNc1ccccc1)NC1CCN(C(=O)OC(C)(C)C)CC1. The number of anilines is 1. The molecule has 1 saturated heterocycles. The number of ether oxygens (including phenoxy) is 1. The van der Waals surface area contributed by atoms with Crippen molar-refractivity contribution in [3.05, 3.63) is 30.3 Å². The zero-order valence-corrected chi connectivity index (χ0v) is 16.8. The molecule has 1 heterocycles. The highest BCUT2D eigenvalue weighted by Crippen LogP contribution is 2.16. The molecule has 1 aliphatic heterocycles. The molecule has 2 rings (SSSR count). The second-order valence-electron chi connectivity index (χ2n) is 8.14. The number of carbonyl (C=O) groups excluding carboxylic acids is 1. The van der Waals surface area contributed by atoms with E-state index < -0.39 is 5.60 Å². The van der Waals surface area contributed by atoms with Crippen molar-refractivity contribution >= 4 is 11.8 Å². The molecule has 0 spiro atoms. The van der Waals surface area contributed by atoms with Gasteiger partial charge < -0.3 is 20.3 Å². The summed E-state index contributed by atoms with van der Waals surface area (Å²) in [6, 6.07) is 11.2. The quantitative estimate of drug-likeness (QED) is 0.762. The lowest BCUT2D eigenvalue weighted by molar-refractivity contribution is 0.0196. The average Bonchev–Trinajstić information content (AvgIpc) is 2.60. The van der Waals surface area contributed by atoms with E-state index in [1.54, 1.807) is 0 Å². The molecule has 0 aromatic heterocycles. The molecular weight excluding hydrogens is 326 g/mol. The Labute approximate surface area is 158 Å². The summed E-state index contributed by atoms with van der Waals surface area (Å²) in [7, 11) is 0. The monoisotopic (exact) mass is 361 g/mol. The number of amides is 1. The molecule has 0 aliphatic carbocycles. The molecule has 1 atom stereocenters. The maximum absolute atomic E-state index is 12.2. The molecule has 5 heteroatoms. The zero-order chi connectivity index (χ0) is 19.0. The van der Waals surface area contributed by atoms with Crippen LogP contribution in [0.1, 0.15) is 53.4 Å². The Hall–Kier alpha value is -1.75. The largest absolute Gasteiger partial charge is 0.444 e. The van der Waals surface area contributed by atoms with Gasteiger partial charge in [0.15, 0.2) is 0 Å². The van der Waals surface area contributed by atoms with Crippen LogP contribution in [-0.4, -0.2) is 48.3 Å². The van der Waals surface area contributed by atoms with Gasteiger partial charge in [0.1, 0.15) is 5.60 Å². The topological polar surface area (TPSA) is 53.6 Å². The van der Waals surface area contributed by atoms with E-state index in [0.717, 1.165) is 51.0 Å². The molecular formula is C21H35N3O2. The molecule has 0 saturated carbocycles. The maximum Gasteiger partial charge on any atom is 0.410 e. The van der Waals surface area contributed by atoms with Crippen LogP contribution in [0.4, 0.5) is 10.5 Å². The van der Waals surface area contributed by atoms with E-state index in [1.165, 1.54) is 0 Å². The number of piperidine rings is 1. The van der Waals surface area contributed by atoms with Crippen LogP contribution >= 0.6 is 0 Å². The fourth-order valence-corrected chi connectivity index (χ4v) is 3.28. The third kappa shape index (κ3) is 7.24. The van der Waals surface area contributed by atoms with E-state index in [-0.39, 0.29) is 6.09 Å². The van der Waals surface area contributed by atoms with Crippen molar-refractivity contribution in [2.45, 2.75) is 71.1 Å². The van der Waals surface area contributed by atoms with Crippen LogP contribution in [0.5, 0.6) is 0 Å². The smallest absolute Gasteiger partial charge is 0.410 e. The number of likely N-dealkylation sites (tertiary alicyclic amines) is 1. The van der Waals surface area contributed by atoms with Crippen LogP contribution in [0.15, 0.2) is 30.3 Å². The molecule has 1 fully saturated rings. The van der Waals surface area contributed by atoms with Crippen molar-refractivity contribution in [2.24, 2.45) is 0 Å². The Kier molecular flexibility index (Phi) is 7.76. The first kappa shape index (κ1) is 20.6. The van der Waals surface area contributed by atoms with Gasteiger partial charge in [-0.3, -0.25) is 0 Å². The molecule has 0 bridgehead atoms. The Balaban J connectivity index is 1.77. The first-order valence-electron chi connectivity index (χ1n) is 9.90. The molecule has 1 amide bonds. The standard InChI is InChI=1S/C21H35N3O2/c1-5-9-19(16-22-17-10-7-6-8-11-17)23-18-12-14-24(15-13-18)20(25)26-21(2,3)4/h6-8,10-11,18-19,22-23H,5,9,12-16H2,1-4H3/t19-/m1/s1. The van der Waals surface area contributed by atoms with Crippen molar-refractivity contribution < 1.29 is 9.53 Å². The van der Waals surface area contributed by atoms with Gasteiger partial charge in [-0.25, -0.2) is 4.79 Å². The van der Waals surface area contributed by atoms with Gasteiger partial charge in [-0.15, -0.1) is 0 Å². The van der Waals surface area contributed by atoms with Crippen LogP contribution in [-0.2, 0) is 4.74 Å². The predicted molar refractivity (Wildman–Crippen MR) is 108 cm³/mol. The summed E-state index contributed by atoms with van der Waals surface area (Å²) in [5.41, 5.74) is 0.733. The molecule has 146 valence electrons. The second-order valence-corrected chi connectivity index (χ2v) is 8.14. The lowest BCUT2D eigenvalue weighted by Gasteiger charge is -2.35. The molecule has 0 radical (unpaired) electrons. The van der Waals surface area contributed by atoms with Crippen LogP contribution in [0, 0.1) is 0 Å². The minimum Gasteiger partial charge on any atom is -0.444 e. The predicted octanol–water partition coefficient (Wildman–Crippen LogP) is 4.26. The Morgan fingerprint density at radius 3 is 2.46 bits per heavy atom. The molecule has 1 aliphatic rings. The summed E-state index contributed by atoms with van der Waals surface area (Å²) >= 11 is 0. The van der Waals surface area contributed by atoms with Crippen LogP contribution in [0.25, 0.3) is 0 Å². The van der Waals surface area contributed by atoms with Crippen molar-refractivity contribution in [1.82, 2.24) is 10.2 Å². The fourth-order valence-electron chi connectivity index (χ4n) is 3.28. The van der Waals surface area contributed by atoms with Gasteiger partial charge >= 0.3 is 6.09 Å². The summed E-state index contributed by atoms with van der Waals surface area (Å²) in [5, 5.41) is 7.32. The Morgan fingerprint density at radius 2 is 1.88 bits per heavy atom. The van der Waals surface area contributed by atoms with Crippen LogP contribution in [0.2, 0.25) is 0 Å². The van der Waals surface area contributed by atoms with E-state index in [2.05, 4.69) is 41.8 Å². The highest BCUT2D eigenvalue weighted by atomic mass is 16.6. The van der Waals surface area contributed by atoms with Crippen molar-refractivity contribution in [1.29, 1.82) is 0 Å². The van der Waals surface area contributed by atoms with Gasteiger partial charge in [-0.1, -0.05) is 31.5 Å². The number of para-hydroxylation sites is 1. The van der Waals surface area contributed by atoms with Crippen LogP contribution < -0.4 is 10.6 Å². The molecule has 1 aromatic carbocycles. The van der Waals surface area contributed by atoms with Gasteiger partial charge in [0, 0.05) is 37.4 Å². The van der Waals surface area contributed by atoms with Crippen molar-refractivity contribution in [3.63, 3.8) is 0 Å². The van der Waals surface area contributed by atoms with E-state index in [9.17, 15) is 4.79 Å². The van der Waals surface area contributed by atoms with E-state index >= 15 is 0 Å². The number of rotatable bonds is 7. The molecule has 0 unspecified atom stereocenters. The van der Waals surface area contributed by atoms with Gasteiger partial charge in [0.2, 0.25) is 0 Å². The van der Waals surface area contributed by atoms with Gasteiger partial charge in [-0.2, -0.15) is 0 Å². The molecule has 5 nitrogen and oxygen atoms in total. The number of benzene rings is 1. The molecule has 26 heavy (non-hydrogen) atoms. The first-order chi connectivity index (χ1) is 12.4. The third-order valence-corrected chi connectivity index (χ3v) is 4.58. The lowest BCUT2D eigenvalue weighted by Crippen LogP contribution is -2.50. The fraction of sp³-hybridized carbons (Fsp3) is 0.667. The van der Waals surface area contributed by atoms with E-state index in [4.69, 9.17) is 4.74 Å². The number of nitrogens with zero attached hydrogens (tertiary/aromatic N) is 1. The Bertz CT molecular complexity index is 534.